The Kier molecular flexibility index (Phi) is 5.63. The molecule has 2 rings (SSSR count). The molecule has 0 unspecified atom stereocenters. The fraction of sp³-hybridized carbons (Fsp3) is 0. The second kappa shape index (κ2) is 8.08. The highest BCUT2D eigenvalue weighted by molar-refractivity contribution is 6.06. The van der Waals surface area contributed by atoms with Gasteiger partial charge in [0.25, 0.3) is 11.6 Å². The molecule has 2 N–H and O–H groups in total. The van der Waals surface area contributed by atoms with Gasteiger partial charge in [-0.25, -0.2) is 0 Å². The molecular weight excluding hydrogens is 322 g/mol. The number of rotatable bonds is 5. The minimum atomic E-state index is -0.625. The van der Waals surface area contributed by atoms with Crippen LogP contribution in [0.25, 0.3) is 6.08 Å². The standard InChI is InChI=1S/C18H13N3O4/c19-12-14(18(23)20-15-8-10-16(22)11-9-15)6-3-5-13-4-1-2-7-17(13)21(24)25/h1-11,22H,(H,20,23). The number of aromatic hydroxyl groups is 1. The van der Waals surface area contributed by atoms with Crippen molar-refractivity contribution in [1.82, 2.24) is 0 Å². The molecule has 7 heteroatoms. The molecule has 0 aliphatic rings. The average Bonchev–Trinajstić information content (AvgIpc) is 2.61. The zero-order valence-corrected chi connectivity index (χ0v) is 12.9. The number of benzene rings is 2. The van der Waals surface area contributed by atoms with Crippen molar-refractivity contribution in [3.63, 3.8) is 0 Å². The van der Waals surface area contributed by atoms with Crippen LogP contribution in [0.3, 0.4) is 0 Å². The molecule has 0 saturated carbocycles. The molecule has 0 radical (unpaired) electrons. The second-order valence-electron chi connectivity index (χ2n) is 4.87. The summed E-state index contributed by atoms with van der Waals surface area (Å²) in [7, 11) is 0. The van der Waals surface area contributed by atoms with Gasteiger partial charge >= 0.3 is 0 Å². The number of anilines is 1. The lowest BCUT2D eigenvalue weighted by atomic mass is 10.1. The lowest BCUT2D eigenvalue weighted by Gasteiger charge is -2.03. The van der Waals surface area contributed by atoms with E-state index in [-0.39, 0.29) is 17.0 Å². The molecule has 0 aromatic heterocycles. The van der Waals surface area contributed by atoms with Crippen molar-refractivity contribution in [2.24, 2.45) is 0 Å². The van der Waals surface area contributed by atoms with Crippen molar-refractivity contribution in [2.75, 3.05) is 5.32 Å². The maximum Gasteiger partial charge on any atom is 0.276 e. The number of amides is 1. The monoisotopic (exact) mass is 335 g/mol. The van der Waals surface area contributed by atoms with Gasteiger partial charge in [-0.1, -0.05) is 18.2 Å². The van der Waals surface area contributed by atoms with E-state index >= 15 is 0 Å². The molecule has 0 saturated heterocycles. The third kappa shape index (κ3) is 4.77. The van der Waals surface area contributed by atoms with Crippen LogP contribution < -0.4 is 5.32 Å². The first-order chi connectivity index (χ1) is 12.0. The summed E-state index contributed by atoms with van der Waals surface area (Å²) in [5.74, 6) is -0.568. The maximum absolute atomic E-state index is 12.0. The van der Waals surface area contributed by atoms with Crippen LogP contribution in [0, 0.1) is 21.4 Å². The molecule has 0 atom stereocenters. The van der Waals surface area contributed by atoms with Gasteiger partial charge in [-0.3, -0.25) is 14.9 Å². The highest BCUT2D eigenvalue weighted by Crippen LogP contribution is 2.19. The molecule has 1 amide bonds. The number of hydrogen-bond donors (Lipinski definition) is 2. The third-order valence-corrected chi connectivity index (χ3v) is 3.16. The van der Waals surface area contributed by atoms with Crippen molar-refractivity contribution < 1.29 is 14.8 Å². The predicted molar refractivity (Wildman–Crippen MR) is 92.6 cm³/mol. The van der Waals surface area contributed by atoms with Crippen LogP contribution in [0.15, 0.2) is 66.3 Å². The summed E-state index contributed by atoms with van der Waals surface area (Å²) < 4.78 is 0. The van der Waals surface area contributed by atoms with Crippen LogP contribution in [-0.4, -0.2) is 15.9 Å². The number of nitro benzene ring substituents is 1. The summed E-state index contributed by atoms with van der Waals surface area (Å²) in [6.07, 6.45) is 4.12. The number of nitro groups is 1. The van der Waals surface area contributed by atoms with E-state index < -0.39 is 10.8 Å². The number of nitrogens with zero attached hydrogens (tertiary/aromatic N) is 2. The smallest absolute Gasteiger partial charge is 0.276 e. The molecule has 2 aromatic carbocycles. The number of phenolic OH excluding ortho intramolecular Hbond substituents is 1. The van der Waals surface area contributed by atoms with Gasteiger partial charge in [0.1, 0.15) is 17.4 Å². The molecule has 7 nitrogen and oxygen atoms in total. The van der Waals surface area contributed by atoms with E-state index in [1.165, 1.54) is 48.6 Å². The highest BCUT2D eigenvalue weighted by atomic mass is 16.6. The number of carbonyl (C=O) groups is 1. The van der Waals surface area contributed by atoms with Gasteiger partial charge in [0, 0.05) is 11.8 Å². The minimum Gasteiger partial charge on any atom is -0.508 e. The van der Waals surface area contributed by atoms with E-state index in [0.29, 0.717) is 11.3 Å². The topological polar surface area (TPSA) is 116 Å². The van der Waals surface area contributed by atoms with Crippen molar-refractivity contribution in [1.29, 1.82) is 5.26 Å². The quantitative estimate of drug-likeness (QED) is 0.217. The molecule has 0 bridgehead atoms. The summed E-state index contributed by atoms with van der Waals surface area (Å²) in [5.41, 5.74) is 0.550. The van der Waals surface area contributed by atoms with Crippen LogP contribution in [0.2, 0.25) is 0 Å². The van der Waals surface area contributed by atoms with Gasteiger partial charge in [0.15, 0.2) is 0 Å². The summed E-state index contributed by atoms with van der Waals surface area (Å²) in [6.45, 7) is 0. The van der Waals surface area contributed by atoms with Crippen LogP contribution in [0.1, 0.15) is 5.56 Å². The SMILES string of the molecule is N#CC(=CC=Cc1ccccc1[N+](=O)[O-])C(=O)Nc1ccc(O)cc1. The van der Waals surface area contributed by atoms with E-state index in [9.17, 15) is 20.0 Å². The number of phenols is 1. The van der Waals surface area contributed by atoms with Gasteiger partial charge in [0.05, 0.1) is 10.5 Å². The number of nitrogens with one attached hydrogen (secondary N) is 1. The van der Waals surface area contributed by atoms with Crippen LogP contribution in [0.5, 0.6) is 5.75 Å². The predicted octanol–water partition coefficient (Wildman–Crippen LogP) is 3.40. The molecule has 124 valence electrons. The molecule has 0 heterocycles. The van der Waals surface area contributed by atoms with Gasteiger partial charge in [-0.15, -0.1) is 0 Å². The lowest BCUT2D eigenvalue weighted by Crippen LogP contribution is -2.13. The number of nitriles is 1. The molecule has 2 aromatic rings. The maximum atomic E-state index is 12.0. The average molecular weight is 335 g/mol. The Hall–Kier alpha value is -3.92. The van der Waals surface area contributed by atoms with Crippen molar-refractivity contribution in [2.45, 2.75) is 0 Å². The Labute approximate surface area is 143 Å². The summed E-state index contributed by atoms with van der Waals surface area (Å²) in [4.78, 5) is 22.5. The number of hydrogen-bond acceptors (Lipinski definition) is 5. The normalized spacial score (nSPS) is 11.1. The zero-order chi connectivity index (χ0) is 18.2. The van der Waals surface area contributed by atoms with Gasteiger partial charge in [0.2, 0.25) is 0 Å². The molecule has 0 aliphatic carbocycles. The lowest BCUT2D eigenvalue weighted by molar-refractivity contribution is -0.385. The summed E-state index contributed by atoms with van der Waals surface area (Å²) in [6, 6.07) is 13.7. The van der Waals surface area contributed by atoms with E-state index in [1.54, 1.807) is 24.3 Å². The first kappa shape index (κ1) is 17.4. The van der Waals surface area contributed by atoms with Crippen LogP contribution in [0.4, 0.5) is 11.4 Å². The minimum absolute atomic E-state index is 0.0569. The van der Waals surface area contributed by atoms with E-state index in [4.69, 9.17) is 5.26 Å². The summed E-state index contributed by atoms with van der Waals surface area (Å²) >= 11 is 0. The van der Waals surface area contributed by atoms with Crippen LogP contribution in [-0.2, 0) is 4.79 Å². The fourth-order valence-electron chi connectivity index (χ4n) is 1.95. The van der Waals surface area contributed by atoms with Crippen molar-refractivity contribution in [3.05, 3.63) is 81.9 Å². The van der Waals surface area contributed by atoms with Gasteiger partial charge in [-0.05, 0) is 42.5 Å². The Morgan fingerprint density at radius 3 is 2.52 bits per heavy atom. The first-order valence-electron chi connectivity index (χ1n) is 7.13. The van der Waals surface area contributed by atoms with Gasteiger partial charge in [-0.2, -0.15) is 5.26 Å². The Morgan fingerprint density at radius 1 is 1.20 bits per heavy atom. The second-order valence-corrected chi connectivity index (χ2v) is 4.87. The molecule has 0 spiro atoms. The number of carbonyl (C=O) groups excluding carboxylic acids is 1. The Balaban J connectivity index is 2.15. The number of allylic oxidation sites excluding steroid dienone is 2. The van der Waals surface area contributed by atoms with Crippen LogP contribution >= 0.6 is 0 Å². The summed E-state index contributed by atoms with van der Waals surface area (Å²) in [5, 5.41) is 31.7. The molecule has 0 aliphatic heterocycles. The van der Waals surface area contributed by atoms with E-state index in [2.05, 4.69) is 5.32 Å². The first-order valence-corrected chi connectivity index (χ1v) is 7.13. The van der Waals surface area contributed by atoms with E-state index in [1.807, 2.05) is 0 Å². The highest BCUT2D eigenvalue weighted by Gasteiger charge is 2.10. The fourth-order valence-corrected chi connectivity index (χ4v) is 1.95. The van der Waals surface area contributed by atoms with Crippen molar-refractivity contribution in [3.8, 4) is 11.8 Å². The Morgan fingerprint density at radius 2 is 1.88 bits per heavy atom. The molecular formula is C18H13N3O4. The van der Waals surface area contributed by atoms with E-state index in [0.717, 1.165) is 0 Å². The number of para-hydroxylation sites is 1. The third-order valence-electron chi connectivity index (χ3n) is 3.16. The largest absolute Gasteiger partial charge is 0.508 e. The zero-order valence-electron chi connectivity index (χ0n) is 12.9. The molecule has 25 heavy (non-hydrogen) atoms. The molecule has 0 fully saturated rings. The Bertz CT molecular complexity index is 893. The van der Waals surface area contributed by atoms with Crippen molar-refractivity contribution >= 4 is 23.4 Å². The van der Waals surface area contributed by atoms with Gasteiger partial charge < -0.3 is 10.4 Å².